The highest BCUT2D eigenvalue weighted by Gasteiger charge is 2.60. The summed E-state index contributed by atoms with van der Waals surface area (Å²) in [5.41, 5.74) is 1.29. The van der Waals surface area contributed by atoms with E-state index in [-0.39, 0.29) is 23.2 Å². The predicted molar refractivity (Wildman–Crippen MR) is 118 cm³/mol. The predicted octanol–water partition coefficient (Wildman–Crippen LogP) is 2.66. The Balaban J connectivity index is 1.63. The van der Waals surface area contributed by atoms with Gasteiger partial charge in [-0.1, -0.05) is 29.4 Å². The number of hydrogen-bond acceptors (Lipinski definition) is 6. The summed E-state index contributed by atoms with van der Waals surface area (Å²) in [6.45, 7) is -0.0706. The zero-order valence-corrected chi connectivity index (χ0v) is 19.3. The van der Waals surface area contributed by atoms with Gasteiger partial charge >= 0.3 is 18.0 Å². The summed E-state index contributed by atoms with van der Waals surface area (Å²) in [6.07, 6.45) is -5.85. The highest BCUT2D eigenvalue weighted by Crippen LogP contribution is 2.38. The third-order valence-electron chi connectivity index (χ3n) is 5.11. The molecule has 1 aliphatic heterocycles. The number of benzene rings is 2. The largest absolute Gasteiger partial charge is 0.458 e. The number of alkyl halides is 3. The van der Waals surface area contributed by atoms with E-state index in [2.05, 4.69) is 14.7 Å². The Morgan fingerprint density at radius 2 is 1.71 bits per heavy atom. The van der Waals surface area contributed by atoms with Crippen molar-refractivity contribution < 1.29 is 36.3 Å². The molecule has 184 valence electrons. The summed E-state index contributed by atoms with van der Waals surface area (Å²) in [6, 6.07) is 11.5. The fraction of sp³-hybridized carbons (Fsp3) is 0.333. The normalized spacial score (nSPS) is 18.3. The first-order valence-corrected chi connectivity index (χ1v) is 11.4. The summed E-state index contributed by atoms with van der Waals surface area (Å²) >= 11 is 0. The Morgan fingerprint density at radius 1 is 1.12 bits per heavy atom. The molecule has 0 aliphatic carbocycles. The van der Waals surface area contributed by atoms with E-state index in [1.165, 1.54) is 58.3 Å². The Kier molecular flexibility index (Phi) is 6.92. The summed E-state index contributed by atoms with van der Waals surface area (Å²) in [5.74, 6) is -3.36. The molecule has 0 aromatic heterocycles. The number of nitrogens with zero attached hydrogens (tertiary/aromatic N) is 3. The van der Waals surface area contributed by atoms with Gasteiger partial charge in [0.15, 0.2) is 0 Å². The van der Waals surface area contributed by atoms with Gasteiger partial charge in [0.2, 0.25) is 10.0 Å². The number of aliphatic hydroxyl groups is 1. The molecule has 0 radical (unpaired) electrons. The van der Waals surface area contributed by atoms with Crippen LogP contribution in [0, 0.1) is 0 Å². The average Bonchev–Trinajstić information content (AvgIpc) is 3.20. The minimum absolute atomic E-state index is 0.00229. The third-order valence-corrected chi connectivity index (χ3v) is 6.53. The second kappa shape index (κ2) is 9.24. The number of carbonyl (C=O) groups is 1. The smallest absolute Gasteiger partial charge is 0.350 e. The lowest BCUT2D eigenvalue weighted by atomic mass is 10.0. The van der Waals surface area contributed by atoms with Crippen LogP contribution < -0.4 is 9.62 Å². The Labute approximate surface area is 194 Å². The number of sulfonamides is 1. The van der Waals surface area contributed by atoms with E-state index in [0.717, 1.165) is 0 Å². The molecule has 2 aromatic carbocycles. The van der Waals surface area contributed by atoms with Crippen molar-refractivity contribution in [1.29, 1.82) is 0 Å². The summed E-state index contributed by atoms with van der Waals surface area (Å²) < 4.78 is 66.2. The van der Waals surface area contributed by atoms with Gasteiger partial charge in [-0.05, 0) is 35.4 Å². The van der Waals surface area contributed by atoms with Gasteiger partial charge < -0.3 is 14.8 Å². The number of nitrogens with one attached hydrogen (secondary N) is 1. The van der Waals surface area contributed by atoms with Crippen LogP contribution in [0.5, 0.6) is 0 Å². The Bertz CT molecular complexity index is 1180. The fourth-order valence-corrected chi connectivity index (χ4v) is 4.08. The highest BCUT2D eigenvalue weighted by atomic mass is 32.2. The molecule has 2 N–H and O–H groups in total. The van der Waals surface area contributed by atoms with E-state index < -0.39 is 28.4 Å². The van der Waals surface area contributed by atoms with Gasteiger partial charge in [-0.25, -0.2) is 17.9 Å². The van der Waals surface area contributed by atoms with Crippen LogP contribution in [0.3, 0.4) is 0 Å². The average molecular weight is 500 g/mol. The maximum Gasteiger partial charge on any atom is 0.458 e. The Hall–Kier alpha value is -3.16. The molecule has 3 rings (SSSR count). The van der Waals surface area contributed by atoms with Gasteiger partial charge in [0.1, 0.15) is 0 Å². The molecule has 2 aromatic rings. The van der Waals surface area contributed by atoms with E-state index >= 15 is 0 Å². The molecule has 1 atom stereocenters. The van der Waals surface area contributed by atoms with Crippen LogP contribution in [0.4, 0.5) is 23.7 Å². The van der Waals surface area contributed by atoms with Crippen molar-refractivity contribution >= 4 is 27.5 Å². The molecule has 0 bridgehead atoms. The van der Waals surface area contributed by atoms with Crippen molar-refractivity contribution in [2.45, 2.75) is 29.8 Å². The van der Waals surface area contributed by atoms with Crippen molar-refractivity contribution in [3.8, 4) is 0 Å². The standard InChI is InChI=1S/C21H23F3N4O5S/c1-27(2)19(29)28(3)16-8-10-17(11-9-16)34(31,32)25-13-14-4-6-15(7-5-14)18-12-20(30,33-26-18)21(22,23)24/h4-11,25,30H,12-13H2,1-3H3. The second-order valence-corrected chi connectivity index (χ2v) is 9.61. The molecule has 0 saturated heterocycles. The first-order chi connectivity index (χ1) is 15.7. The van der Waals surface area contributed by atoms with Crippen LogP contribution in [0.25, 0.3) is 0 Å². The van der Waals surface area contributed by atoms with Crippen molar-refractivity contribution in [1.82, 2.24) is 9.62 Å². The molecular formula is C21H23F3N4O5S. The fourth-order valence-electron chi connectivity index (χ4n) is 3.06. The van der Waals surface area contributed by atoms with E-state index in [1.54, 1.807) is 21.1 Å². The molecule has 1 heterocycles. The van der Waals surface area contributed by atoms with Crippen LogP contribution in [0.2, 0.25) is 0 Å². The number of amides is 2. The molecule has 9 nitrogen and oxygen atoms in total. The number of halogens is 3. The van der Waals surface area contributed by atoms with Crippen molar-refractivity contribution in [2.75, 3.05) is 26.0 Å². The van der Waals surface area contributed by atoms with Gasteiger partial charge in [0, 0.05) is 33.4 Å². The molecule has 0 spiro atoms. The topological polar surface area (TPSA) is 112 Å². The third kappa shape index (κ3) is 5.32. The minimum Gasteiger partial charge on any atom is -0.350 e. The maximum atomic E-state index is 12.8. The number of hydrogen-bond donors (Lipinski definition) is 2. The van der Waals surface area contributed by atoms with E-state index in [0.29, 0.717) is 16.8 Å². The number of oxime groups is 1. The first-order valence-electron chi connectivity index (χ1n) is 9.92. The van der Waals surface area contributed by atoms with Gasteiger partial charge in [0.25, 0.3) is 0 Å². The second-order valence-electron chi connectivity index (χ2n) is 7.84. The van der Waals surface area contributed by atoms with Crippen molar-refractivity contribution in [3.63, 3.8) is 0 Å². The first kappa shape index (κ1) is 25.5. The van der Waals surface area contributed by atoms with Crippen LogP contribution in [0.15, 0.2) is 58.6 Å². The zero-order valence-electron chi connectivity index (χ0n) is 18.5. The lowest BCUT2D eigenvalue weighted by molar-refractivity contribution is -0.355. The summed E-state index contributed by atoms with van der Waals surface area (Å²) in [7, 11) is 0.915. The molecule has 2 amide bonds. The SMILES string of the molecule is CN(C)C(=O)N(C)c1ccc(S(=O)(=O)NCc2ccc(C3=NOC(O)(C(F)(F)F)C3)cc2)cc1. The molecule has 0 fully saturated rings. The summed E-state index contributed by atoms with van der Waals surface area (Å²) in [4.78, 5) is 19.0. The number of rotatable bonds is 6. The van der Waals surface area contributed by atoms with Gasteiger partial charge in [-0.15, -0.1) is 0 Å². The summed E-state index contributed by atoms with van der Waals surface area (Å²) in [5, 5.41) is 12.9. The number of carbonyl (C=O) groups excluding carboxylic acids is 1. The van der Waals surface area contributed by atoms with E-state index in [4.69, 9.17) is 0 Å². The monoisotopic (exact) mass is 500 g/mol. The van der Waals surface area contributed by atoms with Crippen LogP contribution in [-0.2, 0) is 21.4 Å². The number of urea groups is 1. The van der Waals surface area contributed by atoms with E-state index in [9.17, 15) is 31.5 Å². The molecule has 34 heavy (non-hydrogen) atoms. The molecular weight excluding hydrogens is 477 g/mol. The van der Waals surface area contributed by atoms with Crippen molar-refractivity contribution in [3.05, 3.63) is 59.7 Å². The lowest BCUT2D eigenvalue weighted by Gasteiger charge is -2.22. The van der Waals surface area contributed by atoms with Gasteiger partial charge in [0.05, 0.1) is 17.0 Å². The molecule has 1 unspecified atom stereocenters. The Morgan fingerprint density at radius 3 is 2.21 bits per heavy atom. The maximum absolute atomic E-state index is 12.8. The van der Waals surface area contributed by atoms with E-state index in [1.807, 2.05) is 0 Å². The molecule has 0 saturated carbocycles. The molecule has 1 aliphatic rings. The van der Waals surface area contributed by atoms with Gasteiger partial charge in [-0.2, -0.15) is 13.2 Å². The van der Waals surface area contributed by atoms with Crippen LogP contribution in [0.1, 0.15) is 17.5 Å². The van der Waals surface area contributed by atoms with Gasteiger partial charge in [-0.3, -0.25) is 4.90 Å². The minimum atomic E-state index is -4.99. The van der Waals surface area contributed by atoms with Crippen molar-refractivity contribution in [2.24, 2.45) is 5.16 Å². The quantitative estimate of drug-likeness (QED) is 0.634. The lowest BCUT2D eigenvalue weighted by Crippen LogP contribution is -2.45. The zero-order chi connectivity index (χ0) is 25.3. The van der Waals surface area contributed by atoms with Crippen LogP contribution in [-0.4, -0.2) is 63.3 Å². The molecule has 13 heteroatoms. The highest BCUT2D eigenvalue weighted by molar-refractivity contribution is 7.89. The number of anilines is 1. The van der Waals surface area contributed by atoms with Crippen LogP contribution >= 0.6 is 0 Å².